The zero-order valence-electron chi connectivity index (χ0n) is 15.7. The third-order valence-corrected chi connectivity index (χ3v) is 5.14. The number of rotatable bonds is 6. The van der Waals surface area contributed by atoms with Crippen molar-refractivity contribution in [1.29, 1.82) is 10.5 Å². The van der Waals surface area contributed by atoms with E-state index in [4.69, 9.17) is 10.00 Å². The molecule has 0 spiro atoms. The maximum absolute atomic E-state index is 12.6. The smallest absolute Gasteiger partial charge is 0.339 e. The van der Waals surface area contributed by atoms with Gasteiger partial charge in [0.2, 0.25) is 0 Å². The molecule has 0 aliphatic heterocycles. The molecule has 0 unspecified atom stereocenters. The lowest BCUT2D eigenvalue weighted by atomic mass is 10.2. The number of amides is 1. The molecule has 1 amide bonds. The van der Waals surface area contributed by atoms with Crippen LogP contribution in [0.2, 0.25) is 0 Å². The van der Waals surface area contributed by atoms with Crippen LogP contribution in [0.3, 0.4) is 0 Å². The first-order valence-corrected chi connectivity index (χ1v) is 9.66. The molecule has 0 saturated carbocycles. The zero-order valence-corrected chi connectivity index (χ0v) is 16.5. The van der Waals surface area contributed by atoms with E-state index in [2.05, 4.69) is 11.4 Å². The maximum atomic E-state index is 12.6. The van der Waals surface area contributed by atoms with Crippen LogP contribution < -0.4 is 5.32 Å². The molecule has 3 aromatic rings. The monoisotopic (exact) mass is 413 g/mol. The summed E-state index contributed by atoms with van der Waals surface area (Å²) < 4.78 is 5.16. The minimum atomic E-state index is -0.656. The molecule has 0 radical (unpaired) electrons. The fraction of sp³-hybridized carbons (Fsp3) is 0.0435. The Morgan fingerprint density at radius 3 is 2.17 bits per heavy atom. The summed E-state index contributed by atoms with van der Waals surface area (Å²) in [5, 5.41) is 20.9. The summed E-state index contributed by atoms with van der Waals surface area (Å²) >= 11 is 1.28. The maximum Gasteiger partial charge on any atom is 0.339 e. The lowest BCUT2D eigenvalue weighted by molar-refractivity contribution is -0.119. The Labute approximate surface area is 177 Å². The number of ether oxygens (including phenoxy) is 1. The fourth-order valence-corrected chi connectivity index (χ4v) is 3.59. The highest BCUT2D eigenvalue weighted by atomic mass is 32.2. The quantitative estimate of drug-likeness (QED) is 0.602. The predicted molar refractivity (Wildman–Crippen MR) is 112 cm³/mol. The summed E-state index contributed by atoms with van der Waals surface area (Å²) in [5.41, 5.74) is 1.46. The van der Waals surface area contributed by atoms with E-state index in [0.29, 0.717) is 32.2 Å². The van der Waals surface area contributed by atoms with E-state index >= 15 is 0 Å². The van der Waals surface area contributed by atoms with Crippen LogP contribution in [-0.4, -0.2) is 18.5 Å². The van der Waals surface area contributed by atoms with Gasteiger partial charge in [-0.05, 0) is 36.4 Å². The Bertz CT molecular complexity index is 1180. The molecule has 0 aliphatic carbocycles. The lowest BCUT2D eigenvalue weighted by Gasteiger charge is -2.11. The van der Waals surface area contributed by atoms with Gasteiger partial charge in [0.25, 0.3) is 5.91 Å². The molecule has 3 rings (SSSR count). The molecule has 3 aromatic carbocycles. The SMILES string of the molecule is N#Cc1ccccc1NC(=O)COC(=O)c1ccccc1Sc1ccccc1C#N. The van der Waals surface area contributed by atoms with E-state index in [1.807, 2.05) is 12.1 Å². The third kappa shape index (κ3) is 5.05. The molecule has 0 atom stereocenters. The number of nitriles is 2. The van der Waals surface area contributed by atoms with Crippen molar-refractivity contribution in [2.45, 2.75) is 9.79 Å². The lowest BCUT2D eigenvalue weighted by Crippen LogP contribution is -2.21. The number of esters is 1. The summed E-state index contributed by atoms with van der Waals surface area (Å²) in [4.78, 5) is 26.0. The van der Waals surface area contributed by atoms with E-state index in [0.717, 1.165) is 0 Å². The highest BCUT2D eigenvalue weighted by molar-refractivity contribution is 7.99. The first-order valence-electron chi connectivity index (χ1n) is 8.84. The van der Waals surface area contributed by atoms with Gasteiger partial charge in [-0.15, -0.1) is 0 Å². The van der Waals surface area contributed by atoms with Crippen LogP contribution in [0.15, 0.2) is 82.6 Å². The number of para-hydroxylation sites is 1. The number of nitrogens with zero attached hydrogens (tertiary/aromatic N) is 2. The van der Waals surface area contributed by atoms with Crippen LogP contribution in [0.4, 0.5) is 5.69 Å². The summed E-state index contributed by atoms with van der Waals surface area (Å²) in [6, 6.07) is 24.6. The number of carbonyl (C=O) groups excluding carboxylic acids is 2. The van der Waals surface area contributed by atoms with Gasteiger partial charge in [-0.25, -0.2) is 4.79 Å². The minimum Gasteiger partial charge on any atom is -0.452 e. The van der Waals surface area contributed by atoms with E-state index in [1.54, 1.807) is 66.7 Å². The van der Waals surface area contributed by atoms with E-state index in [-0.39, 0.29) is 0 Å². The summed E-state index contributed by atoms with van der Waals surface area (Å²) in [5.74, 6) is -1.21. The average Bonchev–Trinajstić information content (AvgIpc) is 2.78. The second kappa shape index (κ2) is 9.92. The molecule has 0 heterocycles. The number of nitrogens with one attached hydrogen (secondary N) is 1. The van der Waals surface area contributed by atoms with Gasteiger partial charge in [-0.1, -0.05) is 48.2 Å². The van der Waals surface area contributed by atoms with Gasteiger partial charge in [0.15, 0.2) is 6.61 Å². The van der Waals surface area contributed by atoms with Crippen LogP contribution in [0.1, 0.15) is 21.5 Å². The molecule has 30 heavy (non-hydrogen) atoms. The van der Waals surface area contributed by atoms with Crippen molar-refractivity contribution >= 4 is 29.3 Å². The van der Waals surface area contributed by atoms with Crippen molar-refractivity contribution in [3.63, 3.8) is 0 Å². The van der Waals surface area contributed by atoms with E-state index in [9.17, 15) is 14.9 Å². The second-order valence-electron chi connectivity index (χ2n) is 5.99. The van der Waals surface area contributed by atoms with Crippen LogP contribution in [0, 0.1) is 22.7 Å². The average molecular weight is 413 g/mol. The molecule has 6 nitrogen and oxygen atoms in total. The molecule has 7 heteroatoms. The Morgan fingerprint density at radius 1 is 0.833 bits per heavy atom. The van der Waals surface area contributed by atoms with Gasteiger partial charge in [-0.2, -0.15) is 10.5 Å². The van der Waals surface area contributed by atoms with Gasteiger partial charge in [0.1, 0.15) is 12.1 Å². The van der Waals surface area contributed by atoms with Gasteiger partial charge >= 0.3 is 5.97 Å². The van der Waals surface area contributed by atoms with Crippen molar-refractivity contribution in [1.82, 2.24) is 0 Å². The van der Waals surface area contributed by atoms with Gasteiger partial charge < -0.3 is 10.1 Å². The van der Waals surface area contributed by atoms with Crippen LogP contribution in [0.25, 0.3) is 0 Å². The zero-order chi connectivity index (χ0) is 21.3. The Morgan fingerprint density at radius 2 is 1.43 bits per heavy atom. The second-order valence-corrected chi connectivity index (χ2v) is 7.07. The standard InChI is InChI=1S/C23H15N3O3S/c24-13-16-7-1-4-10-19(16)26-22(27)15-29-23(28)18-9-3-6-12-21(18)30-20-11-5-2-8-17(20)14-25/h1-12H,15H2,(H,26,27). The first kappa shape index (κ1) is 20.7. The van der Waals surface area contributed by atoms with Crippen molar-refractivity contribution in [3.8, 4) is 12.1 Å². The normalized spacial score (nSPS) is 9.80. The molecule has 0 aliphatic rings. The minimum absolute atomic E-state index is 0.292. The molecular weight excluding hydrogens is 398 g/mol. The van der Waals surface area contributed by atoms with Crippen molar-refractivity contribution < 1.29 is 14.3 Å². The Kier molecular flexibility index (Phi) is 6.83. The summed E-state index contributed by atoms with van der Waals surface area (Å²) in [7, 11) is 0. The van der Waals surface area contributed by atoms with E-state index < -0.39 is 18.5 Å². The molecule has 0 aromatic heterocycles. The molecule has 1 N–H and O–H groups in total. The van der Waals surface area contributed by atoms with Gasteiger partial charge in [-0.3, -0.25) is 4.79 Å². The fourth-order valence-electron chi connectivity index (χ4n) is 2.58. The largest absolute Gasteiger partial charge is 0.452 e. The number of benzene rings is 3. The van der Waals surface area contributed by atoms with Crippen molar-refractivity contribution in [3.05, 3.63) is 89.5 Å². The topological polar surface area (TPSA) is 103 Å². The van der Waals surface area contributed by atoms with Crippen molar-refractivity contribution in [2.24, 2.45) is 0 Å². The summed E-state index contributed by atoms with van der Waals surface area (Å²) in [6.07, 6.45) is 0. The van der Waals surface area contributed by atoms with Gasteiger partial charge in [0, 0.05) is 9.79 Å². The third-order valence-electron chi connectivity index (χ3n) is 3.99. The predicted octanol–water partition coefficient (Wildman–Crippen LogP) is 4.38. The first-order chi connectivity index (χ1) is 14.6. The van der Waals surface area contributed by atoms with E-state index in [1.165, 1.54) is 11.8 Å². The van der Waals surface area contributed by atoms with Crippen LogP contribution in [-0.2, 0) is 9.53 Å². The molecule has 0 saturated heterocycles. The van der Waals surface area contributed by atoms with Gasteiger partial charge in [0.05, 0.1) is 22.4 Å². The Balaban J connectivity index is 1.68. The number of carbonyl (C=O) groups is 2. The molecule has 146 valence electrons. The number of hydrogen-bond acceptors (Lipinski definition) is 6. The molecule has 0 fully saturated rings. The van der Waals surface area contributed by atoms with Crippen molar-refractivity contribution in [2.75, 3.05) is 11.9 Å². The Hall–Kier alpha value is -4.07. The summed E-state index contributed by atoms with van der Waals surface area (Å²) in [6.45, 7) is -0.494. The molecule has 0 bridgehead atoms. The number of anilines is 1. The van der Waals surface area contributed by atoms with Crippen LogP contribution in [0.5, 0.6) is 0 Å². The van der Waals surface area contributed by atoms with Crippen LogP contribution >= 0.6 is 11.8 Å². The number of hydrogen-bond donors (Lipinski definition) is 1. The highest BCUT2D eigenvalue weighted by Crippen LogP contribution is 2.32. The highest BCUT2D eigenvalue weighted by Gasteiger charge is 2.16. The molecular formula is C23H15N3O3S.